The van der Waals surface area contributed by atoms with Gasteiger partial charge in [0.2, 0.25) is 11.8 Å². The van der Waals surface area contributed by atoms with Crippen molar-refractivity contribution < 1.29 is 13.9 Å². The SMILES string of the molecule is Cc1oc(-c2ccccc2)nc1CCBr.Cc1oc(-c2ccccc2)nc1CCO. The van der Waals surface area contributed by atoms with Gasteiger partial charge in [-0.05, 0) is 38.1 Å². The van der Waals surface area contributed by atoms with Crippen LogP contribution in [0, 0.1) is 13.8 Å². The average Bonchev–Trinajstić information content (AvgIpc) is 3.33. The first-order valence-corrected chi connectivity index (χ1v) is 10.9. The zero-order chi connectivity index (χ0) is 21.3. The van der Waals surface area contributed by atoms with Gasteiger partial charge in [0.1, 0.15) is 11.5 Å². The second-order valence-electron chi connectivity index (χ2n) is 6.69. The van der Waals surface area contributed by atoms with Gasteiger partial charge in [0.25, 0.3) is 0 Å². The number of hydrogen-bond acceptors (Lipinski definition) is 5. The van der Waals surface area contributed by atoms with E-state index in [0.717, 1.165) is 45.8 Å². The molecule has 5 nitrogen and oxygen atoms in total. The fourth-order valence-electron chi connectivity index (χ4n) is 2.92. The molecule has 4 aromatic rings. The topological polar surface area (TPSA) is 72.3 Å². The number of benzene rings is 2. The predicted octanol–water partition coefficient (Wildman–Crippen LogP) is 5.77. The summed E-state index contributed by atoms with van der Waals surface area (Å²) in [6, 6.07) is 19.7. The molecule has 0 spiro atoms. The number of aliphatic hydroxyl groups excluding tert-OH is 1. The van der Waals surface area contributed by atoms with Crippen molar-refractivity contribution in [3.05, 3.63) is 83.6 Å². The molecular formula is C24H25BrN2O3. The summed E-state index contributed by atoms with van der Waals surface area (Å²) >= 11 is 3.40. The van der Waals surface area contributed by atoms with Gasteiger partial charge in [-0.2, -0.15) is 0 Å². The fourth-order valence-corrected chi connectivity index (χ4v) is 3.30. The van der Waals surface area contributed by atoms with Gasteiger partial charge in [0.05, 0.1) is 11.4 Å². The maximum Gasteiger partial charge on any atom is 0.226 e. The normalized spacial score (nSPS) is 10.5. The van der Waals surface area contributed by atoms with E-state index in [1.54, 1.807) is 0 Å². The molecule has 0 unspecified atom stereocenters. The average molecular weight is 469 g/mol. The molecule has 0 radical (unpaired) electrons. The van der Waals surface area contributed by atoms with Crippen LogP contribution in [0.3, 0.4) is 0 Å². The van der Waals surface area contributed by atoms with E-state index in [1.165, 1.54) is 0 Å². The van der Waals surface area contributed by atoms with Crippen molar-refractivity contribution in [2.75, 3.05) is 11.9 Å². The minimum absolute atomic E-state index is 0.0988. The standard InChI is InChI=1S/C12H12BrNO.C12H13NO2/c1-9-11(7-8-13)14-12(15-9)10-5-3-2-4-6-10;1-9-11(7-8-14)13-12(15-9)10-5-3-2-4-6-10/h2-6H,7-8H2,1H3;2-6,14H,7-8H2,1H3. The van der Waals surface area contributed by atoms with Crippen molar-refractivity contribution in [2.24, 2.45) is 0 Å². The van der Waals surface area contributed by atoms with Gasteiger partial charge in [-0.25, -0.2) is 9.97 Å². The quantitative estimate of drug-likeness (QED) is 0.363. The van der Waals surface area contributed by atoms with Crippen LogP contribution in [0.5, 0.6) is 0 Å². The predicted molar refractivity (Wildman–Crippen MR) is 122 cm³/mol. The minimum atomic E-state index is 0.0988. The first-order chi connectivity index (χ1) is 14.6. The Kier molecular flexibility index (Phi) is 7.99. The van der Waals surface area contributed by atoms with Crippen molar-refractivity contribution in [3.8, 4) is 22.9 Å². The Morgan fingerprint density at radius 2 is 1.17 bits per heavy atom. The van der Waals surface area contributed by atoms with E-state index in [1.807, 2.05) is 74.5 Å². The van der Waals surface area contributed by atoms with Gasteiger partial charge >= 0.3 is 0 Å². The number of oxazole rings is 2. The van der Waals surface area contributed by atoms with E-state index < -0.39 is 0 Å². The van der Waals surface area contributed by atoms with Gasteiger partial charge in [-0.3, -0.25) is 0 Å². The molecule has 0 aliphatic carbocycles. The van der Waals surface area contributed by atoms with E-state index in [-0.39, 0.29) is 6.61 Å². The number of halogens is 1. The van der Waals surface area contributed by atoms with Crippen molar-refractivity contribution in [1.82, 2.24) is 9.97 Å². The van der Waals surface area contributed by atoms with E-state index in [0.29, 0.717) is 18.2 Å². The van der Waals surface area contributed by atoms with Crippen molar-refractivity contribution in [2.45, 2.75) is 26.7 Å². The maximum absolute atomic E-state index is 8.84. The van der Waals surface area contributed by atoms with E-state index in [4.69, 9.17) is 13.9 Å². The van der Waals surface area contributed by atoms with E-state index in [2.05, 4.69) is 25.9 Å². The summed E-state index contributed by atoms with van der Waals surface area (Å²) in [5, 5.41) is 9.75. The Morgan fingerprint density at radius 3 is 1.57 bits per heavy atom. The molecule has 2 aromatic heterocycles. The van der Waals surface area contributed by atoms with Crippen molar-refractivity contribution in [3.63, 3.8) is 0 Å². The molecule has 0 saturated heterocycles. The summed E-state index contributed by atoms with van der Waals surface area (Å²) in [7, 11) is 0. The first-order valence-electron chi connectivity index (χ1n) is 9.82. The van der Waals surface area contributed by atoms with Gasteiger partial charge in [-0.15, -0.1) is 0 Å². The van der Waals surface area contributed by atoms with Gasteiger partial charge in [-0.1, -0.05) is 52.3 Å². The molecule has 0 bridgehead atoms. The van der Waals surface area contributed by atoms with E-state index >= 15 is 0 Å². The van der Waals surface area contributed by atoms with Crippen molar-refractivity contribution in [1.29, 1.82) is 0 Å². The number of nitrogens with zero attached hydrogens (tertiary/aromatic N) is 2. The molecule has 1 N–H and O–H groups in total. The summed E-state index contributed by atoms with van der Waals surface area (Å²) in [5.41, 5.74) is 3.85. The largest absolute Gasteiger partial charge is 0.441 e. The van der Waals surface area contributed by atoms with E-state index in [9.17, 15) is 0 Å². The highest BCUT2D eigenvalue weighted by Gasteiger charge is 2.11. The lowest BCUT2D eigenvalue weighted by molar-refractivity contribution is 0.297. The Bertz CT molecular complexity index is 957. The number of aromatic nitrogens is 2. The number of aryl methyl sites for hydroxylation is 3. The van der Waals surface area contributed by atoms with Crippen LogP contribution in [0.15, 0.2) is 69.5 Å². The summed E-state index contributed by atoms with van der Waals surface area (Å²) in [4.78, 5) is 8.82. The molecule has 4 rings (SSSR count). The Balaban J connectivity index is 0.000000171. The molecule has 0 fully saturated rings. The van der Waals surface area contributed by atoms with Crippen LogP contribution in [0.25, 0.3) is 22.9 Å². The highest BCUT2D eigenvalue weighted by atomic mass is 79.9. The first kappa shape index (κ1) is 22.0. The minimum Gasteiger partial charge on any atom is -0.441 e. The zero-order valence-corrected chi connectivity index (χ0v) is 18.7. The number of hydrogen-bond donors (Lipinski definition) is 1. The molecular weight excluding hydrogens is 444 g/mol. The molecule has 0 aliphatic heterocycles. The van der Waals surface area contributed by atoms with Gasteiger partial charge < -0.3 is 13.9 Å². The summed E-state index contributed by atoms with van der Waals surface area (Å²) in [5.74, 6) is 3.02. The Hall–Kier alpha value is -2.70. The fraction of sp³-hybridized carbons (Fsp3) is 0.250. The smallest absolute Gasteiger partial charge is 0.226 e. The third-order valence-electron chi connectivity index (χ3n) is 4.51. The second-order valence-corrected chi connectivity index (χ2v) is 7.48. The number of alkyl halides is 1. The van der Waals surface area contributed by atoms with Crippen LogP contribution >= 0.6 is 15.9 Å². The van der Waals surface area contributed by atoms with Crippen LogP contribution in [0.4, 0.5) is 0 Å². The van der Waals surface area contributed by atoms with Gasteiger partial charge in [0, 0.05) is 35.9 Å². The number of aliphatic hydroxyl groups is 1. The van der Waals surface area contributed by atoms with Crippen LogP contribution < -0.4 is 0 Å². The van der Waals surface area contributed by atoms with Crippen LogP contribution in [0.2, 0.25) is 0 Å². The Labute approximate surface area is 184 Å². The maximum atomic E-state index is 8.84. The number of rotatable bonds is 6. The summed E-state index contributed by atoms with van der Waals surface area (Å²) < 4.78 is 11.2. The highest BCUT2D eigenvalue weighted by Crippen LogP contribution is 2.22. The molecule has 0 aliphatic rings. The second kappa shape index (κ2) is 10.9. The lowest BCUT2D eigenvalue weighted by atomic mass is 10.2. The molecule has 30 heavy (non-hydrogen) atoms. The zero-order valence-electron chi connectivity index (χ0n) is 17.1. The summed E-state index contributed by atoms with van der Waals surface area (Å²) in [6.45, 7) is 3.92. The summed E-state index contributed by atoms with van der Waals surface area (Å²) in [6.07, 6.45) is 1.45. The highest BCUT2D eigenvalue weighted by molar-refractivity contribution is 9.09. The van der Waals surface area contributed by atoms with Crippen LogP contribution in [-0.4, -0.2) is 27.0 Å². The monoisotopic (exact) mass is 468 g/mol. The third kappa shape index (κ3) is 5.68. The Morgan fingerprint density at radius 1 is 0.733 bits per heavy atom. The lowest BCUT2D eigenvalue weighted by Gasteiger charge is -1.92. The molecule has 6 heteroatoms. The van der Waals surface area contributed by atoms with Crippen LogP contribution in [0.1, 0.15) is 22.9 Å². The lowest BCUT2D eigenvalue weighted by Crippen LogP contribution is -1.92. The third-order valence-corrected chi connectivity index (χ3v) is 4.90. The molecule has 2 heterocycles. The van der Waals surface area contributed by atoms with Crippen LogP contribution in [-0.2, 0) is 12.8 Å². The molecule has 2 aromatic carbocycles. The molecule has 0 amide bonds. The molecule has 156 valence electrons. The van der Waals surface area contributed by atoms with Crippen molar-refractivity contribution >= 4 is 15.9 Å². The molecule has 0 atom stereocenters. The molecule has 0 saturated carbocycles. The van der Waals surface area contributed by atoms with Gasteiger partial charge in [0.15, 0.2) is 0 Å².